The summed E-state index contributed by atoms with van der Waals surface area (Å²) >= 11 is 0. The van der Waals surface area contributed by atoms with Gasteiger partial charge in [-0.2, -0.15) is 0 Å². The Morgan fingerprint density at radius 2 is 2.06 bits per heavy atom. The van der Waals surface area contributed by atoms with Gasteiger partial charge in [0.05, 0.1) is 10.6 Å². The number of azide groups is 1. The molecule has 16 heavy (non-hydrogen) atoms. The van der Waals surface area contributed by atoms with E-state index in [2.05, 4.69) is 10.0 Å². The smallest absolute Gasteiger partial charge is 0.178 e. The van der Waals surface area contributed by atoms with Gasteiger partial charge in [0.2, 0.25) is 0 Å². The first-order valence-corrected chi connectivity index (χ1v) is 6.52. The highest BCUT2D eigenvalue weighted by atomic mass is 32.2. The zero-order chi connectivity index (χ0) is 12.0. The summed E-state index contributed by atoms with van der Waals surface area (Å²) in [4.78, 5) is 2.93. The van der Waals surface area contributed by atoms with E-state index < -0.39 is 9.84 Å². The molecule has 0 heterocycles. The van der Waals surface area contributed by atoms with Crippen LogP contribution in [0.2, 0.25) is 0 Å². The molecule has 0 amide bonds. The van der Waals surface area contributed by atoms with E-state index in [1.165, 1.54) is 0 Å². The summed E-state index contributed by atoms with van der Waals surface area (Å²) in [6.45, 7) is 1.97. The molecule has 5 nitrogen and oxygen atoms in total. The quantitative estimate of drug-likeness (QED) is 0.342. The minimum absolute atomic E-state index is 0.0108. The maximum Gasteiger partial charge on any atom is 0.178 e. The number of aryl methyl sites for hydroxylation is 1. The van der Waals surface area contributed by atoms with E-state index >= 15 is 0 Å². The van der Waals surface area contributed by atoms with Crippen molar-refractivity contribution in [1.82, 2.24) is 0 Å². The third-order valence-corrected chi connectivity index (χ3v) is 4.12. The standard InChI is InChI=1S/C10H13N3O2S/c1-9-5-2-3-6-10(9)16(14,15)8-4-7-12-13-11/h2-3,5-6H,4,7-8H2,1H3. The van der Waals surface area contributed by atoms with Crippen LogP contribution in [0.15, 0.2) is 34.3 Å². The zero-order valence-electron chi connectivity index (χ0n) is 9.00. The number of hydrogen-bond donors (Lipinski definition) is 0. The van der Waals surface area contributed by atoms with Crippen molar-refractivity contribution in [1.29, 1.82) is 0 Å². The molecule has 1 aromatic carbocycles. The van der Waals surface area contributed by atoms with Crippen molar-refractivity contribution in [2.75, 3.05) is 12.3 Å². The molecule has 1 aromatic rings. The molecule has 86 valence electrons. The van der Waals surface area contributed by atoms with E-state index in [1.807, 2.05) is 0 Å². The summed E-state index contributed by atoms with van der Waals surface area (Å²) in [6, 6.07) is 6.86. The second kappa shape index (κ2) is 5.53. The van der Waals surface area contributed by atoms with Crippen LogP contribution in [0.4, 0.5) is 0 Å². The third-order valence-electron chi connectivity index (χ3n) is 2.16. The summed E-state index contributed by atoms with van der Waals surface area (Å²) < 4.78 is 23.8. The van der Waals surface area contributed by atoms with E-state index in [4.69, 9.17) is 5.53 Å². The lowest BCUT2D eigenvalue weighted by Gasteiger charge is -2.06. The maximum absolute atomic E-state index is 11.9. The fourth-order valence-electron chi connectivity index (χ4n) is 1.39. The van der Waals surface area contributed by atoms with Gasteiger partial charge in [0.25, 0.3) is 0 Å². The Bertz CT molecular complexity index is 505. The highest BCUT2D eigenvalue weighted by molar-refractivity contribution is 7.91. The van der Waals surface area contributed by atoms with Crippen LogP contribution in [0.1, 0.15) is 12.0 Å². The molecule has 0 aliphatic carbocycles. The zero-order valence-corrected chi connectivity index (χ0v) is 9.81. The fourth-order valence-corrected chi connectivity index (χ4v) is 2.96. The van der Waals surface area contributed by atoms with Crippen LogP contribution >= 0.6 is 0 Å². The van der Waals surface area contributed by atoms with E-state index in [1.54, 1.807) is 31.2 Å². The lowest BCUT2D eigenvalue weighted by Crippen LogP contribution is -2.09. The predicted molar refractivity (Wildman–Crippen MR) is 61.9 cm³/mol. The number of nitrogens with zero attached hydrogens (tertiary/aromatic N) is 3. The number of sulfone groups is 1. The molecule has 0 atom stereocenters. The highest BCUT2D eigenvalue weighted by Crippen LogP contribution is 2.16. The lowest BCUT2D eigenvalue weighted by atomic mass is 10.2. The average Bonchev–Trinajstić information content (AvgIpc) is 2.25. The molecule has 1 rings (SSSR count). The largest absolute Gasteiger partial charge is 0.224 e. The van der Waals surface area contributed by atoms with Gasteiger partial charge in [-0.15, -0.1) is 0 Å². The van der Waals surface area contributed by atoms with E-state index in [0.29, 0.717) is 11.3 Å². The van der Waals surface area contributed by atoms with E-state index in [0.717, 1.165) is 5.56 Å². The molecule has 0 unspecified atom stereocenters. The van der Waals surface area contributed by atoms with Crippen LogP contribution in [0.25, 0.3) is 10.4 Å². The first kappa shape index (κ1) is 12.5. The molecule has 0 aliphatic rings. The van der Waals surface area contributed by atoms with Crippen molar-refractivity contribution in [3.05, 3.63) is 40.3 Å². The van der Waals surface area contributed by atoms with Crippen LogP contribution in [0, 0.1) is 6.92 Å². The molecule has 0 radical (unpaired) electrons. The van der Waals surface area contributed by atoms with Gasteiger partial charge in [-0.25, -0.2) is 8.42 Å². The number of hydrogen-bond acceptors (Lipinski definition) is 3. The summed E-state index contributed by atoms with van der Waals surface area (Å²) in [5, 5.41) is 3.31. The Hall–Kier alpha value is -1.52. The molecule has 6 heteroatoms. The maximum atomic E-state index is 11.9. The van der Waals surface area contributed by atoms with Crippen molar-refractivity contribution in [3.8, 4) is 0 Å². The molecule has 0 saturated heterocycles. The van der Waals surface area contributed by atoms with Gasteiger partial charge in [-0.1, -0.05) is 23.3 Å². The topological polar surface area (TPSA) is 82.9 Å². The van der Waals surface area contributed by atoms with Gasteiger partial charge < -0.3 is 0 Å². The molecule has 0 bridgehead atoms. The minimum Gasteiger partial charge on any atom is -0.224 e. The monoisotopic (exact) mass is 239 g/mol. The third kappa shape index (κ3) is 3.25. The van der Waals surface area contributed by atoms with Crippen molar-refractivity contribution in [3.63, 3.8) is 0 Å². The molecule has 0 N–H and O–H groups in total. The summed E-state index contributed by atoms with van der Waals surface area (Å²) in [6.07, 6.45) is 0.348. The number of rotatable bonds is 5. The molecule has 0 spiro atoms. The molecule has 0 aliphatic heterocycles. The second-order valence-corrected chi connectivity index (χ2v) is 5.47. The predicted octanol–water partition coefficient (Wildman–Crippen LogP) is 2.47. The van der Waals surface area contributed by atoms with Gasteiger partial charge in [-0.05, 0) is 30.5 Å². The summed E-state index contributed by atoms with van der Waals surface area (Å²) in [7, 11) is -3.25. The van der Waals surface area contributed by atoms with Gasteiger partial charge >= 0.3 is 0 Å². The van der Waals surface area contributed by atoms with Gasteiger partial charge in [-0.3, -0.25) is 0 Å². The molecular weight excluding hydrogens is 226 g/mol. The molecule has 0 aromatic heterocycles. The Labute approximate surface area is 94.7 Å². The van der Waals surface area contributed by atoms with Crippen molar-refractivity contribution < 1.29 is 8.42 Å². The van der Waals surface area contributed by atoms with Crippen molar-refractivity contribution in [2.45, 2.75) is 18.2 Å². The van der Waals surface area contributed by atoms with Crippen LogP contribution in [-0.4, -0.2) is 20.7 Å². The first-order valence-electron chi connectivity index (χ1n) is 4.87. The molecule has 0 fully saturated rings. The second-order valence-electron chi connectivity index (χ2n) is 3.39. The Kier molecular flexibility index (Phi) is 4.34. The summed E-state index contributed by atoms with van der Waals surface area (Å²) in [5.74, 6) is 0.0108. The van der Waals surface area contributed by atoms with Crippen LogP contribution < -0.4 is 0 Å². The van der Waals surface area contributed by atoms with Gasteiger partial charge in [0, 0.05) is 11.5 Å². The average molecular weight is 239 g/mol. The summed E-state index contributed by atoms with van der Waals surface area (Å²) in [5.41, 5.74) is 8.81. The van der Waals surface area contributed by atoms with Crippen LogP contribution in [0.5, 0.6) is 0 Å². The Morgan fingerprint density at radius 1 is 1.38 bits per heavy atom. The normalized spacial score (nSPS) is 10.8. The fraction of sp³-hybridized carbons (Fsp3) is 0.400. The lowest BCUT2D eigenvalue weighted by molar-refractivity contribution is 0.593. The molecular formula is C10H13N3O2S. The van der Waals surface area contributed by atoms with Crippen molar-refractivity contribution in [2.24, 2.45) is 5.11 Å². The Balaban J connectivity index is 2.79. The SMILES string of the molecule is Cc1ccccc1S(=O)(=O)CCCN=[N+]=[N-]. The number of benzene rings is 1. The highest BCUT2D eigenvalue weighted by Gasteiger charge is 2.15. The molecule has 0 saturated carbocycles. The van der Waals surface area contributed by atoms with E-state index in [9.17, 15) is 8.42 Å². The Morgan fingerprint density at radius 3 is 2.69 bits per heavy atom. The minimum atomic E-state index is -3.25. The van der Waals surface area contributed by atoms with Crippen molar-refractivity contribution >= 4 is 9.84 Å². The first-order chi connectivity index (χ1) is 7.58. The van der Waals surface area contributed by atoms with Gasteiger partial charge in [0.15, 0.2) is 9.84 Å². The van der Waals surface area contributed by atoms with E-state index in [-0.39, 0.29) is 12.3 Å². The van der Waals surface area contributed by atoms with Crippen LogP contribution in [-0.2, 0) is 9.84 Å². The van der Waals surface area contributed by atoms with Gasteiger partial charge in [0.1, 0.15) is 0 Å². The van der Waals surface area contributed by atoms with Crippen LogP contribution in [0.3, 0.4) is 0 Å².